The molecule has 5 nitrogen and oxygen atoms in total. The minimum atomic E-state index is -0.208. The second-order valence-corrected chi connectivity index (χ2v) is 6.80. The highest BCUT2D eigenvalue weighted by atomic mass is 32.1. The molecule has 0 aliphatic carbocycles. The first-order chi connectivity index (χ1) is 9.33. The lowest BCUT2D eigenvalue weighted by molar-refractivity contribution is -0.153. The molecular weight excluding hydrogens is 274 g/mol. The first-order valence-corrected chi connectivity index (χ1v) is 7.62. The van der Waals surface area contributed by atoms with Crippen LogP contribution < -0.4 is 5.73 Å². The summed E-state index contributed by atoms with van der Waals surface area (Å²) in [6.45, 7) is 5.59. The second kappa shape index (κ2) is 5.68. The fourth-order valence-electron chi connectivity index (χ4n) is 2.89. The van der Waals surface area contributed by atoms with Crippen LogP contribution in [0.25, 0.3) is 0 Å². The van der Waals surface area contributed by atoms with Gasteiger partial charge in [-0.15, -0.1) is 0 Å². The van der Waals surface area contributed by atoms with Crippen molar-refractivity contribution in [2.24, 2.45) is 11.1 Å². The minimum Gasteiger partial charge on any atom is -0.393 e. The molecule has 0 radical (unpaired) electrons. The van der Waals surface area contributed by atoms with Gasteiger partial charge in [-0.25, -0.2) is 0 Å². The van der Waals surface area contributed by atoms with Crippen LogP contribution in [0.5, 0.6) is 0 Å². The van der Waals surface area contributed by atoms with Gasteiger partial charge in [-0.1, -0.05) is 26.1 Å². The molecule has 0 aromatic rings. The molecule has 0 spiro atoms. The van der Waals surface area contributed by atoms with Gasteiger partial charge < -0.3 is 15.5 Å². The molecule has 0 aromatic heterocycles. The molecule has 0 aromatic carbocycles. The van der Waals surface area contributed by atoms with Gasteiger partial charge in [0.15, 0.2) is 0 Å². The highest BCUT2D eigenvalue weighted by Crippen LogP contribution is 2.26. The predicted octanol–water partition coefficient (Wildman–Crippen LogP) is 0.912. The third-order valence-electron chi connectivity index (χ3n) is 4.39. The van der Waals surface area contributed by atoms with Gasteiger partial charge in [-0.2, -0.15) is 0 Å². The molecule has 2 heterocycles. The van der Waals surface area contributed by atoms with E-state index in [1.54, 1.807) is 9.80 Å². The maximum absolute atomic E-state index is 12.3. The van der Waals surface area contributed by atoms with Crippen molar-refractivity contribution in [3.8, 4) is 0 Å². The lowest BCUT2D eigenvalue weighted by Crippen LogP contribution is -2.57. The quantitative estimate of drug-likeness (QED) is 0.766. The smallest absolute Gasteiger partial charge is 0.245 e. The maximum Gasteiger partial charge on any atom is 0.245 e. The molecule has 0 bridgehead atoms. The number of carbonyl (C=O) groups excluding carboxylic acids is 2. The SMILES string of the molecule is CC(C)(CCCN1CC(=O)N2CCCC2C1=O)C(N)=S. The molecule has 20 heavy (non-hydrogen) atoms. The Hall–Kier alpha value is -1.17. The van der Waals surface area contributed by atoms with Crippen molar-refractivity contribution in [1.29, 1.82) is 0 Å². The summed E-state index contributed by atoms with van der Waals surface area (Å²) >= 11 is 5.04. The van der Waals surface area contributed by atoms with E-state index >= 15 is 0 Å². The number of carbonyl (C=O) groups is 2. The molecule has 2 aliphatic rings. The van der Waals surface area contributed by atoms with E-state index in [4.69, 9.17) is 18.0 Å². The summed E-state index contributed by atoms with van der Waals surface area (Å²) in [4.78, 5) is 28.2. The van der Waals surface area contributed by atoms with Gasteiger partial charge in [0.05, 0.1) is 11.5 Å². The molecule has 112 valence electrons. The molecule has 1 atom stereocenters. The molecule has 2 N–H and O–H groups in total. The van der Waals surface area contributed by atoms with Gasteiger partial charge >= 0.3 is 0 Å². The van der Waals surface area contributed by atoms with E-state index in [0.29, 0.717) is 11.5 Å². The predicted molar refractivity (Wildman–Crippen MR) is 81.1 cm³/mol. The maximum atomic E-state index is 12.3. The van der Waals surface area contributed by atoms with E-state index in [0.717, 1.165) is 32.2 Å². The number of amides is 2. The van der Waals surface area contributed by atoms with Crippen molar-refractivity contribution in [1.82, 2.24) is 9.80 Å². The van der Waals surface area contributed by atoms with Crippen LogP contribution in [0.2, 0.25) is 0 Å². The Bertz CT molecular complexity index is 436. The highest BCUT2D eigenvalue weighted by Gasteiger charge is 2.41. The molecular formula is C14H23N3O2S. The largest absolute Gasteiger partial charge is 0.393 e. The van der Waals surface area contributed by atoms with Crippen LogP contribution in [-0.2, 0) is 9.59 Å². The van der Waals surface area contributed by atoms with E-state index in [9.17, 15) is 9.59 Å². The van der Waals surface area contributed by atoms with Crippen molar-refractivity contribution in [3.05, 3.63) is 0 Å². The van der Waals surface area contributed by atoms with E-state index in [1.807, 2.05) is 13.8 Å². The van der Waals surface area contributed by atoms with Crippen molar-refractivity contribution in [3.63, 3.8) is 0 Å². The lowest BCUT2D eigenvalue weighted by Gasteiger charge is -2.36. The number of hydrogen-bond donors (Lipinski definition) is 1. The van der Waals surface area contributed by atoms with Crippen LogP contribution in [0.4, 0.5) is 0 Å². The monoisotopic (exact) mass is 297 g/mol. The zero-order valence-corrected chi connectivity index (χ0v) is 13.0. The Morgan fingerprint density at radius 2 is 2.15 bits per heavy atom. The molecule has 2 fully saturated rings. The van der Waals surface area contributed by atoms with Gasteiger partial charge in [-0.3, -0.25) is 9.59 Å². The number of thiocarbonyl (C=S) groups is 1. The fourth-order valence-corrected chi connectivity index (χ4v) is 2.99. The van der Waals surface area contributed by atoms with Gasteiger partial charge in [0.25, 0.3) is 0 Å². The Kier molecular flexibility index (Phi) is 4.32. The second-order valence-electron chi connectivity index (χ2n) is 6.36. The summed E-state index contributed by atoms with van der Waals surface area (Å²) in [7, 11) is 0. The summed E-state index contributed by atoms with van der Waals surface area (Å²) in [5.41, 5.74) is 5.50. The highest BCUT2D eigenvalue weighted by molar-refractivity contribution is 7.80. The Balaban J connectivity index is 1.89. The van der Waals surface area contributed by atoms with Crippen molar-refractivity contribution in [2.75, 3.05) is 19.6 Å². The zero-order chi connectivity index (χ0) is 14.9. The number of nitrogens with zero attached hydrogens (tertiary/aromatic N) is 2. The normalized spacial score (nSPS) is 23.2. The molecule has 2 aliphatic heterocycles. The van der Waals surface area contributed by atoms with Gasteiger partial charge in [0, 0.05) is 18.5 Å². The van der Waals surface area contributed by atoms with Crippen LogP contribution in [-0.4, -0.2) is 52.3 Å². The number of nitrogens with two attached hydrogens (primary N) is 1. The fraction of sp³-hybridized carbons (Fsp3) is 0.786. The Labute approximate surface area is 125 Å². The third kappa shape index (κ3) is 2.95. The number of fused-ring (bicyclic) bond motifs is 1. The van der Waals surface area contributed by atoms with Crippen molar-refractivity contribution >= 4 is 29.0 Å². The molecule has 0 saturated carbocycles. The molecule has 1 unspecified atom stereocenters. The molecule has 2 saturated heterocycles. The van der Waals surface area contributed by atoms with E-state index in [-0.39, 0.29) is 29.8 Å². The van der Waals surface area contributed by atoms with Crippen LogP contribution in [0, 0.1) is 5.41 Å². The van der Waals surface area contributed by atoms with E-state index in [1.165, 1.54) is 0 Å². The zero-order valence-electron chi connectivity index (χ0n) is 12.2. The summed E-state index contributed by atoms with van der Waals surface area (Å²) in [5, 5.41) is 0. The summed E-state index contributed by atoms with van der Waals surface area (Å²) in [5.74, 6) is 0.191. The molecule has 6 heteroatoms. The Morgan fingerprint density at radius 3 is 2.80 bits per heavy atom. The standard InChI is InChI=1S/C14H23N3O2S/c1-14(2,13(15)20)6-4-7-16-9-11(18)17-8-3-5-10(17)12(16)19/h10H,3-9H2,1-2H3,(H2,15,20). The van der Waals surface area contributed by atoms with E-state index < -0.39 is 0 Å². The van der Waals surface area contributed by atoms with Crippen molar-refractivity contribution < 1.29 is 9.59 Å². The van der Waals surface area contributed by atoms with Crippen LogP contribution >= 0.6 is 12.2 Å². The summed E-state index contributed by atoms with van der Waals surface area (Å²) < 4.78 is 0. The van der Waals surface area contributed by atoms with Crippen LogP contribution in [0.3, 0.4) is 0 Å². The molecule has 2 rings (SSSR count). The van der Waals surface area contributed by atoms with Crippen LogP contribution in [0.1, 0.15) is 39.5 Å². The van der Waals surface area contributed by atoms with Gasteiger partial charge in [-0.05, 0) is 25.7 Å². The van der Waals surface area contributed by atoms with Gasteiger partial charge in [0.1, 0.15) is 6.04 Å². The average Bonchev–Trinajstić information content (AvgIpc) is 2.84. The van der Waals surface area contributed by atoms with E-state index in [2.05, 4.69) is 0 Å². The topological polar surface area (TPSA) is 66.6 Å². The number of piperazine rings is 1. The average molecular weight is 297 g/mol. The first kappa shape index (κ1) is 15.2. The Morgan fingerprint density at radius 1 is 1.45 bits per heavy atom. The molecule has 2 amide bonds. The van der Waals surface area contributed by atoms with Gasteiger partial charge in [0.2, 0.25) is 11.8 Å². The minimum absolute atomic E-state index is 0.0840. The summed E-state index contributed by atoms with van der Waals surface area (Å²) in [6, 6.07) is -0.208. The van der Waals surface area contributed by atoms with Crippen LogP contribution in [0.15, 0.2) is 0 Å². The summed E-state index contributed by atoms with van der Waals surface area (Å²) in [6.07, 6.45) is 3.38. The lowest BCUT2D eigenvalue weighted by atomic mass is 9.88. The third-order valence-corrected chi connectivity index (χ3v) is 4.95. The number of hydrogen-bond acceptors (Lipinski definition) is 3. The first-order valence-electron chi connectivity index (χ1n) is 7.21. The number of rotatable bonds is 5. The van der Waals surface area contributed by atoms with Crippen molar-refractivity contribution in [2.45, 2.75) is 45.6 Å².